The molecule has 15 heavy (non-hydrogen) atoms. The average Bonchev–Trinajstić information content (AvgIpc) is 2.22. The van der Waals surface area contributed by atoms with Gasteiger partial charge in [-0.05, 0) is 31.4 Å². The zero-order valence-corrected chi connectivity index (χ0v) is 8.73. The predicted octanol–water partition coefficient (Wildman–Crippen LogP) is 2.04. The third-order valence-electron chi connectivity index (χ3n) is 2.86. The van der Waals surface area contributed by atoms with Crippen LogP contribution in [0.2, 0.25) is 0 Å². The van der Waals surface area contributed by atoms with Crippen LogP contribution in [0.4, 0.5) is 0 Å². The Morgan fingerprint density at radius 1 is 1.27 bits per heavy atom. The van der Waals surface area contributed by atoms with Crippen molar-refractivity contribution in [2.45, 2.75) is 37.8 Å². The molecular formula is C12H17NO2. The number of benzene rings is 1. The fraction of sp³-hybridized carbons (Fsp3) is 0.500. The van der Waals surface area contributed by atoms with Crippen LogP contribution in [0, 0.1) is 0 Å². The lowest BCUT2D eigenvalue weighted by atomic mass is 9.93. The smallest absolute Gasteiger partial charge is 0.123 e. The topological polar surface area (TPSA) is 55.5 Å². The van der Waals surface area contributed by atoms with Crippen LogP contribution in [0.25, 0.3) is 0 Å². The summed E-state index contributed by atoms with van der Waals surface area (Å²) in [5, 5.41) is 9.30. The molecule has 0 aliphatic heterocycles. The third-order valence-corrected chi connectivity index (χ3v) is 2.86. The second-order valence-electron chi connectivity index (χ2n) is 4.10. The third kappa shape index (κ3) is 2.63. The molecule has 82 valence electrons. The van der Waals surface area contributed by atoms with Gasteiger partial charge in [0.15, 0.2) is 0 Å². The second-order valence-corrected chi connectivity index (χ2v) is 4.10. The highest BCUT2D eigenvalue weighted by atomic mass is 16.5. The summed E-state index contributed by atoms with van der Waals surface area (Å²) >= 11 is 0. The summed E-state index contributed by atoms with van der Waals surface area (Å²) in [6.45, 7) is 0. The highest BCUT2D eigenvalue weighted by Crippen LogP contribution is 2.24. The molecule has 0 radical (unpaired) electrons. The summed E-state index contributed by atoms with van der Waals surface area (Å²) < 4.78 is 5.76. The van der Waals surface area contributed by atoms with Gasteiger partial charge in [-0.2, -0.15) is 0 Å². The van der Waals surface area contributed by atoms with E-state index in [1.54, 1.807) is 18.2 Å². The van der Waals surface area contributed by atoms with Crippen LogP contribution in [-0.2, 0) is 0 Å². The number of nitrogens with two attached hydrogens (primary N) is 1. The molecule has 1 aromatic carbocycles. The van der Waals surface area contributed by atoms with Crippen molar-refractivity contribution in [3.8, 4) is 11.5 Å². The Bertz CT molecular complexity index is 327. The quantitative estimate of drug-likeness (QED) is 0.780. The molecular weight excluding hydrogens is 190 g/mol. The summed E-state index contributed by atoms with van der Waals surface area (Å²) in [7, 11) is 0. The van der Waals surface area contributed by atoms with Crippen molar-refractivity contribution >= 4 is 0 Å². The lowest BCUT2D eigenvalue weighted by Crippen LogP contribution is -2.41. The van der Waals surface area contributed by atoms with Crippen LogP contribution in [0.3, 0.4) is 0 Å². The fourth-order valence-electron chi connectivity index (χ4n) is 2.00. The van der Waals surface area contributed by atoms with E-state index >= 15 is 0 Å². The number of hydrogen-bond acceptors (Lipinski definition) is 3. The van der Waals surface area contributed by atoms with Gasteiger partial charge in [0.2, 0.25) is 0 Å². The SMILES string of the molecule is NC1CCCCC1Oc1cccc(O)c1. The Morgan fingerprint density at radius 2 is 2.07 bits per heavy atom. The molecule has 0 amide bonds. The van der Waals surface area contributed by atoms with Crippen LogP contribution in [0.1, 0.15) is 25.7 Å². The summed E-state index contributed by atoms with van der Waals surface area (Å²) in [5.41, 5.74) is 5.98. The van der Waals surface area contributed by atoms with Gasteiger partial charge in [-0.1, -0.05) is 12.5 Å². The van der Waals surface area contributed by atoms with E-state index in [9.17, 15) is 5.11 Å². The zero-order valence-electron chi connectivity index (χ0n) is 8.73. The van der Waals surface area contributed by atoms with E-state index in [1.807, 2.05) is 6.07 Å². The molecule has 0 spiro atoms. The van der Waals surface area contributed by atoms with Crippen molar-refractivity contribution in [2.75, 3.05) is 0 Å². The van der Waals surface area contributed by atoms with Crippen LogP contribution < -0.4 is 10.5 Å². The Morgan fingerprint density at radius 3 is 2.80 bits per heavy atom. The molecule has 1 aliphatic carbocycles. The first kappa shape index (κ1) is 10.3. The molecule has 0 saturated heterocycles. The standard InChI is InChI=1S/C12H17NO2/c13-11-6-1-2-7-12(11)15-10-5-3-4-9(14)8-10/h3-5,8,11-12,14H,1-2,6-7,13H2. The number of phenols is 1. The van der Waals surface area contributed by atoms with Gasteiger partial charge in [0.25, 0.3) is 0 Å². The van der Waals surface area contributed by atoms with Crippen LogP contribution in [0.15, 0.2) is 24.3 Å². The number of rotatable bonds is 2. The minimum atomic E-state index is 0.0977. The van der Waals surface area contributed by atoms with Crippen molar-refractivity contribution in [1.82, 2.24) is 0 Å². The van der Waals surface area contributed by atoms with E-state index in [0.29, 0.717) is 5.75 Å². The maximum atomic E-state index is 9.30. The molecule has 2 atom stereocenters. The monoisotopic (exact) mass is 207 g/mol. The Balaban J connectivity index is 2.01. The molecule has 0 bridgehead atoms. The first-order valence-corrected chi connectivity index (χ1v) is 5.47. The Labute approximate surface area is 89.9 Å². The predicted molar refractivity (Wildman–Crippen MR) is 59.0 cm³/mol. The number of hydrogen-bond donors (Lipinski definition) is 2. The molecule has 1 aromatic rings. The van der Waals surface area contributed by atoms with Gasteiger partial charge >= 0.3 is 0 Å². The van der Waals surface area contributed by atoms with Gasteiger partial charge in [0.1, 0.15) is 17.6 Å². The van der Waals surface area contributed by atoms with Crippen molar-refractivity contribution in [3.63, 3.8) is 0 Å². The van der Waals surface area contributed by atoms with E-state index in [4.69, 9.17) is 10.5 Å². The largest absolute Gasteiger partial charge is 0.508 e. The zero-order chi connectivity index (χ0) is 10.7. The molecule has 0 aromatic heterocycles. The minimum Gasteiger partial charge on any atom is -0.508 e. The van der Waals surface area contributed by atoms with E-state index < -0.39 is 0 Å². The maximum absolute atomic E-state index is 9.30. The lowest BCUT2D eigenvalue weighted by Gasteiger charge is -2.29. The normalized spacial score (nSPS) is 26.2. The Hall–Kier alpha value is -1.22. The number of phenolic OH excluding ortho intramolecular Hbond substituents is 1. The summed E-state index contributed by atoms with van der Waals surface area (Å²) in [4.78, 5) is 0. The van der Waals surface area contributed by atoms with Gasteiger partial charge < -0.3 is 15.6 Å². The average molecular weight is 207 g/mol. The molecule has 1 saturated carbocycles. The first-order chi connectivity index (χ1) is 7.25. The molecule has 0 heterocycles. The van der Waals surface area contributed by atoms with E-state index in [1.165, 1.54) is 12.8 Å². The van der Waals surface area contributed by atoms with Gasteiger partial charge in [-0.25, -0.2) is 0 Å². The second kappa shape index (κ2) is 4.53. The van der Waals surface area contributed by atoms with E-state index in [2.05, 4.69) is 0 Å². The highest BCUT2D eigenvalue weighted by Gasteiger charge is 2.23. The summed E-state index contributed by atoms with van der Waals surface area (Å²) in [5.74, 6) is 0.939. The fourth-order valence-corrected chi connectivity index (χ4v) is 2.00. The maximum Gasteiger partial charge on any atom is 0.123 e. The van der Waals surface area contributed by atoms with Crippen molar-refractivity contribution in [3.05, 3.63) is 24.3 Å². The summed E-state index contributed by atoms with van der Waals surface area (Å²) in [6, 6.07) is 7.01. The summed E-state index contributed by atoms with van der Waals surface area (Å²) in [6.07, 6.45) is 4.51. The Kier molecular flexibility index (Phi) is 3.11. The van der Waals surface area contributed by atoms with Crippen molar-refractivity contribution in [1.29, 1.82) is 0 Å². The molecule has 2 rings (SSSR count). The lowest BCUT2D eigenvalue weighted by molar-refractivity contribution is 0.132. The van der Waals surface area contributed by atoms with Crippen LogP contribution >= 0.6 is 0 Å². The molecule has 3 nitrogen and oxygen atoms in total. The molecule has 3 heteroatoms. The minimum absolute atomic E-state index is 0.0977. The van der Waals surface area contributed by atoms with E-state index in [0.717, 1.165) is 12.8 Å². The molecule has 2 unspecified atom stereocenters. The molecule has 3 N–H and O–H groups in total. The van der Waals surface area contributed by atoms with Crippen LogP contribution in [-0.4, -0.2) is 17.3 Å². The molecule has 1 aliphatic rings. The number of ether oxygens (including phenoxy) is 1. The van der Waals surface area contributed by atoms with E-state index in [-0.39, 0.29) is 17.9 Å². The van der Waals surface area contributed by atoms with Gasteiger partial charge in [0.05, 0.1) is 0 Å². The van der Waals surface area contributed by atoms with Gasteiger partial charge in [-0.3, -0.25) is 0 Å². The molecule has 1 fully saturated rings. The van der Waals surface area contributed by atoms with Crippen LogP contribution in [0.5, 0.6) is 11.5 Å². The van der Waals surface area contributed by atoms with Gasteiger partial charge in [-0.15, -0.1) is 0 Å². The van der Waals surface area contributed by atoms with Gasteiger partial charge in [0, 0.05) is 12.1 Å². The van der Waals surface area contributed by atoms with Crippen molar-refractivity contribution < 1.29 is 9.84 Å². The highest BCUT2D eigenvalue weighted by molar-refractivity contribution is 5.31. The number of aromatic hydroxyl groups is 1. The first-order valence-electron chi connectivity index (χ1n) is 5.47. The van der Waals surface area contributed by atoms with Crippen molar-refractivity contribution in [2.24, 2.45) is 5.73 Å².